The Morgan fingerprint density at radius 2 is 1.90 bits per heavy atom. The number of H-pyrrole nitrogens is 1. The van der Waals surface area contributed by atoms with Crippen LogP contribution in [-0.2, 0) is 13.1 Å². The second-order valence-electron chi connectivity index (χ2n) is 7.79. The zero-order valence-electron chi connectivity index (χ0n) is 16.9. The Morgan fingerprint density at radius 1 is 1.07 bits per heavy atom. The highest BCUT2D eigenvalue weighted by molar-refractivity contribution is 7.07. The summed E-state index contributed by atoms with van der Waals surface area (Å²) < 4.78 is 6.42. The minimum absolute atomic E-state index is 0.274. The van der Waals surface area contributed by atoms with E-state index in [-0.39, 0.29) is 6.10 Å². The van der Waals surface area contributed by atoms with E-state index in [2.05, 4.69) is 55.2 Å². The second kappa shape index (κ2) is 8.90. The highest BCUT2D eigenvalue weighted by Gasteiger charge is 2.21. The molecule has 2 N–H and O–H groups in total. The Labute approximate surface area is 180 Å². The number of ether oxygens (including phenoxy) is 1. The summed E-state index contributed by atoms with van der Waals surface area (Å²) in [4.78, 5) is 10.4. The average Bonchev–Trinajstić information content (AvgIpc) is 3.44. The Hall–Kier alpha value is -2.83. The highest BCUT2D eigenvalue weighted by atomic mass is 32.1. The molecule has 4 aromatic rings. The number of para-hydroxylation sites is 3. The number of anilines is 1. The smallest absolute Gasteiger partial charge is 0.201 e. The molecule has 2 aromatic heterocycles. The molecule has 1 aliphatic heterocycles. The Morgan fingerprint density at radius 3 is 2.73 bits per heavy atom. The first kappa shape index (κ1) is 19.2. The standard InChI is InChI=1S/C24H26N4OS/c1-4-8-23(29-20-9-12-28(13-10-20)16-18-11-14-30-17-18)19(5-1)15-25-24-26-21-6-2-3-7-22(21)27-24/h1-8,11,14,17,20H,9-10,12-13,15-16H2,(H2,25,26,27). The summed E-state index contributed by atoms with van der Waals surface area (Å²) in [5.74, 6) is 1.75. The van der Waals surface area contributed by atoms with Gasteiger partial charge in [-0.05, 0) is 53.4 Å². The monoisotopic (exact) mass is 418 g/mol. The molecule has 0 atom stereocenters. The normalized spacial score (nSPS) is 15.5. The van der Waals surface area contributed by atoms with Crippen LogP contribution in [0.15, 0.2) is 65.4 Å². The van der Waals surface area contributed by atoms with Gasteiger partial charge in [0.25, 0.3) is 0 Å². The molecule has 1 saturated heterocycles. The first-order chi connectivity index (χ1) is 14.8. The minimum atomic E-state index is 0.274. The van der Waals surface area contributed by atoms with Crippen LogP contribution in [0.5, 0.6) is 5.75 Å². The summed E-state index contributed by atoms with van der Waals surface area (Å²) in [7, 11) is 0. The molecule has 0 unspecified atom stereocenters. The molecule has 3 heterocycles. The van der Waals surface area contributed by atoms with Crippen molar-refractivity contribution in [3.05, 3.63) is 76.5 Å². The first-order valence-electron chi connectivity index (χ1n) is 10.5. The van der Waals surface area contributed by atoms with Crippen molar-refractivity contribution in [1.29, 1.82) is 0 Å². The minimum Gasteiger partial charge on any atom is -0.490 e. The molecule has 1 aliphatic rings. The van der Waals surface area contributed by atoms with Crippen LogP contribution in [0.1, 0.15) is 24.0 Å². The van der Waals surface area contributed by atoms with Crippen LogP contribution < -0.4 is 10.1 Å². The number of aromatic nitrogens is 2. The van der Waals surface area contributed by atoms with Gasteiger partial charge in [-0.1, -0.05) is 30.3 Å². The number of rotatable bonds is 7. The van der Waals surface area contributed by atoms with E-state index in [4.69, 9.17) is 4.74 Å². The van der Waals surface area contributed by atoms with E-state index in [0.717, 1.165) is 60.8 Å². The predicted octanol–water partition coefficient (Wildman–Crippen LogP) is 5.28. The predicted molar refractivity (Wildman–Crippen MR) is 123 cm³/mol. The zero-order valence-corrected chi connectivity index (χ0v) is 17.7. The number of nitrogens with one attached hydrogen (secondary N) is 2. The average molecular weight is 419 g/mol. The summed E-state index contributed by atoms with van der Waals surface area (Å²) in [5, 5.41) is 7.80. The van der Waals surface area contributed by atoms with Crippen molar-refractivity contribution < 1.29 is 4.74 Å². The van der Waals surface area contributed by atoms with Crippen molar-refractivity contribution in [3.63, 3.8) is 0 Å². The fourth-order valence-electron chi connectivity index (χ4n) is 3.99. The van der Waals surface area contributed by atoms with E-state index in [1.165, 1.54) is 5.56 Å². The second-order valence-corrected chi connectivity index (χ2v) is 8.57. The van der Waals surface area contributed by atoms with Crippen molar-refractivity contribution in [2.75, 3.05) is 18.4 Å². The molecule has 0 saturated carbocycles. The third-order valence-electron chi connectivity index (χ3n) is 5.62. The molecule has 0 amide bonds. The van der Waals surface area contributed by atoms with Crippen molar-refractivity contribution in [1.82, 2.24) is 14.9 Å². The third-order valence-corrected chi connectivity index (χ3v) is 6.35. The number of hydrogen-bond donors (Lipinski definition) is 2. The van der Waals surface area contributed by atoms with Crippen LogP contribution in [0.25, 0.3) is 11.0 Å². The largest absolute Gasteiger partial charge is 0.490 e. The van der Waals surface area contributed by atoms with E-state index in [1.54, 1.807) is 11.3 Å². The zero-order chi connectivity index (χ0) is 20.2. The summed E-state index contributed by atoms with van der Waals surface area (Å²) in [5.41, 5.74) is 4.58. The Bertz CT molecular complexity index is 1050. The first-order valence-corrected chi connectivity index (χ1v) is 11.4. The van der Waals surface area contributed by atoms with Gasteiger partial charge in [0.15, 0.2) is 0 Å². The Balaban J connectivity index is 1.18. The number of nitrogens with zero attached hydrogens (tertiary/aromatic N) is 2. The van der Waals surface area contributed by atoms with Crippen LogP contribution in [0.2, 0.25) is 0 Å². The molecular weight excluding hydrogens is 392 g/mol. The van der Waals surface area contributed by atoms with E-state index >= 15 is 0 Å². The highest BCUT2D eigenvalue weighted by Crippen LogP contribution is 2.25. The van der Waals surface area contributed by atoms with Gasteiger partial charge in [-0.15, -0.1) is 0 Å². The number of thiophene rings is 1. The number of piperidine rings is 1. The summed E-state index contributed by atoms with van der Waals surface area (Å²) >= 11 is 1.77. The quantitative estimate of drug-likeness (QED) is 0.429. The fourth-order valence-corrected chi connectivity index (χ4v) is 4.65. The van der Waals surface area contributed by atoms with Gasteiger partial charge in [0.2, 0.25) is 5.95 Å². The molecule has 0 radical (unpaired) electrons. The SMILES string of the molecule is c1ccc(OC2CCN(Cc3ccsc3)CC2)c(CNc2nc3ccccc3[nH]2)c1. The molecular formula is C24H26N4OS. The maximum atomic E-state index is 6.42. The van der Waals surface area contributed by atoms with Gasteiger partial charge in [0, 0.05) is 31.7 Å². The van der Waals surface area contributed by atoms with Crippen molar-refractivity contribution in [2.24, 2.45) is 0 Å². The topological polar surface area (TPSA) is 53.2 Å². The van der Waals surface area contributed by atoms with E-state index in [0.29, 0.717) is 6.54 Å². The lowest BCUT2D eigenvalue weighted by Crippen LogP contribution is -2.37. The number of hydrogen-bond acceptors (Lipinski definition) is 5. The van der Waals surface area contributed by atoms with Crippen LogP contribution in [0, 0.1) is 0 Å². The van der Waals surface area contributed by atoms with Crippen LogP contribution in [-0.4, -0.2) is 34.1 Å². The van der Waals surface area contributed by atoms with Gasteiger partial charge in [-0.2, -0.15) is 11.3 Å². The van der Waals surface area contributed by atoms with Crippen LogP contribution in [0.4, 0.5) is 5.95 Å². The lowest BCUT2D eigenvalue weighted by Gasteiger charge is -2.32. The van der Waals surface area contributed by atoms with Gasteiger partial charge in [0.1, 0.15) is 11.9 Å². The summed E-state index contributed by atoms with van der Waals surface area (Å²) in [6.45, 7) is 3.89. The molecule has 1 fully saturated rings. The third kappa shape index (κ3) is 4.50. The lowest BCUT2D eigenvalue weighted by atomic mass is 10.1. The van der Waals surface area contributed by atoms with Gasteiger partial charge in [0.05, 0.1) is 11.0 Å². The molecule has 0 spiro atoms. The van der Waals surface area contributed by atoms with Gasteiger partial charge in [-0.3, -0.25) is 4.90 Å². The molecule has 30 heavy (non-hydrogen) atoms. The van der Waals surface area contributed by atoms with E-state index in [1.807, 2.05) is 30.3 Å². The number of likely N-dealkylation sites (tertiary alicyclic amines) is 1. The van der Waals surface area contributed by atoms with Gasteiger partial charge < -0.3 is 15.0 Å². The summed E-state index contributed by atoms with van der Waals surface area (Å²) in [6.07, 6.45) is 2.40. The molecule has 6 heteroatoms. The maximum absolute atomic E-state index is 6.42. The van der Waals surface area contributed by atoms with Crippen LogP contribution >= 0.6 is 11.3 Å². The molecule has 0 bridgehead atoms. The molecule has 5 rings (SSSR count). The molecule has 154 valence electrons. The number of fused-ring (bicyclic) bond motifs is 1. The van der Waals surface area contributed by atoms with Crippen molar-refractivity contribution in [3.8, 4) is 5.75 Å². The number of aromatic amines is 1. The van der Waals surface area contributed by atoms with Gasteiger partial charge in [-0.25, -0.2) is 4.98 Å². The maximum Gasteiger partial charge on any atom is 0.201 e. The van der Waals surface area contributed by atoms with Crippen LogP contribution in [0.3, 0.4) is 0 Å². The van der Waals surface area contributed by atoms with Crippen molar-refractivity contribution in [2.45, 2.75) is 32.0 Å². The molecule has 2 aromatic carbocycles. The fraction of sp³-hybridized carbons (Fsp3) is 0.292. The summed E-state index contributed by atoms with van der Waals surface area (Å²) in [6, 6.07) is 18.6. The molecule has 5 nitrogen and oxygen atoms in total. The lowest BCUT2D eigenvalue weighted by molar-refractivity contribution is 0.0961. The molecule has 0 aliphatic carbocycles. The van der Waals surface area contributed by atoms with E-state index < -0.39 is 0 Å². The van der Waals surface area contributed by atoms with Crippen molar-refractivity contribution >= 4 is 28.3 Å². The number of imidazole rings is 1. The van der Waals surface area contributed by atoms with E-state index in [9.17, 15) is 0 Å². The Kier molecular flexibility index (Phi) is 5.68. The number of benzene rings is 2. The van der Waals surface area contributed by atoms with Gasteiger partial charge >= 0.3 is 0 Å².